The van der Waals surface area contributed by atoms with Crippen LogP contribution in [0.3, 0.4) is 0 Å². The summed E-state index contributed by atoms with van der Waals surface area (Å²) in [6, 6.07) is 15.8. The summed E-state index contributed by atoms with van der Waals surface area (Å²) < 4.78 is 7.00. The Kier molecular flexibility index (Phi) is 3.50. The first-order valence-corrected chi connectivity index (χ1v) is 8.73. The van der Waals surface area contributed by atoms with Gasteiger partial charge in [0.2, 0.25) is 0 Å². The summed E-state index contributed by atoms with van der Waals surface area (Å²) in [5, 5.41) is 4.80. The number of benzene rings is 2. The Hall–Kier alpha value is -3.12. The minimum atomic E-state index is -0.0853. The van der Waals surface area contributed by atoms with Crippen LogP contribution in [0.4, 0.5) is 5.69 Å². The van der Waals surface area contributed by atoms with Gasteiger partial charge in [0.25, 0.3) is 5.56 Å². The minimum Gasteiger partial charge on any atom is -0.378 e. The molecule has 1 N–H and O–H groups in total. The molecule has 1 fully saturated rings. The van der Waals surface area contributed by atoms with Crippen molar-refractivity contribution in [2.24, 2.45) is 0 Å². The van der Waals surface area contributed by atoms with Gasteiger partial charge in [0.05, 0.1) is 35.3 Å². The van der Waals surface area contributed by atoms with Gasteiger partial charge >= 0.3 is 0 Å². The lowest BCUT2D eigenvalue weighted by Gasteiger charge is -2.28. The van der Waals surface area contributed by atoms with Crippen molar-refractivity contribution >= 4 is 27.5 Å². The molecule has 0 spiro atoms. The second kappa shape index (κ2) is 6.00. The van der Waals surface area contributed by atoms with Gasteiger partial charge in [-0.1, -0.05) is 18.2 Å². The summed E-state index contributed by atoms with van der Waals surface area (Å²) in [5.41, 5.74) is 3.56. The Morgan fingerprint density at radius 1 is 0.962 bits per heavy atom. The van der Waals surface area contributed by atoms with Crippen LogP contribution >= 0.6 is 0 Å². The topological polar surface area (TPSA) is 63.2 Å². The third-order valence-corrected chi connectivity index (χ3v) is 4.90. The molecule has 0 saturated carbocycles. The van der Waals surface area contributed by atoms with Gasteiger partial charge in [0.1, 0.15) is 0 Å². The molecule has 6 heteroatoms. The van der Waals surface area contributed by atoms with Crippen LogP contribution in [0.2, 0.25) is 0 Å². The molecule has 130 valence electrons. The number of nitrogens with one attached hydrogen (secondary N) is 1. The molecule has 0 bridgehead atoms. The van der Waals surface area contributed by atoms with Crippen LogP contribution in [-0.4, -0.2) is 41.1 Å². The zero-order valence-electron chi connectivity index (χ0n) is 14.2. The Balaban J connectivity index is 1.67. The van der Waals surface area contributed by atoms with E-state index in [9.17, 15) is 4.79 Å². The molecule has 2 aromatic carbocycles. The molecule has 0 amide bonds. The SMILES string of the molecule is O=c1c2cnc3cc(N4CCOCC4)ccc3c2[nH]n1-c1ccccc1. The molecule has 3 heterocycles. The molecule has 2 aromatic heterocycles. The van der Waals surface area contributed by atoms with E-state index >= 15 is 0 Å². The van der Waals surface area contributed by atoms with Crippen LogP contribution in [0, 0.1) is 0 Å². The Morgan fingerprint density at radius 2 is 1.77 bits per heavy atom. The maximum Gasteiger partial charge on any atom is 0.280 e. The highest BCUT2D eigenvalue weighted by Gasteiger charge is 2.15. The second-order valence-corrected chi connectivity index (χ2v) is 6.44. The van der Waals surface area contributed by atoms with Gasteiger partial charge in [-0.2, -0.15) is 0 Å². The predicted molar refractivity (Wildman–Crippen MR) is 102 cm³/mol. The third-order valence-electron chi connectivity index (χ3n) is 4.90. The highest BCUT2D eigenvalue weighted by molar-refractivity contribution is 6.03. The van der Waals surface area contributed by atoms with Crippen molar-refractivity contribution in [2.75, 3.05) is 31.2 Å². The molecule has 0 aliphatic carbocycles. The smallest absolute Gasteiger partial charge is 0.280 e. The molecule has 1 saturated heterocycles. The second-order valence-electron chi connectivity index (χ2n) is 6.44. The highest BCUT2D eigenvalue weighted by Crippen LogP contribution is 2.26. The minimum absolute atomic E-state index is 0.0853. The summed E-state index contributed by atoms with van der Waals surface area (Å²) in [6.45, 7) is 3.26. The summed E-state index contributed by atoms with van der Waals surface area (Å²) in [4.78, 5) is 19.6. The zero-order chi connectivity index (χ0) is 17.5. The number of morpholine rings is 1. The Morgan fingerprint density at radius 3 is 2.58 bits per heavy atom. The maximum absolute atomic E-state index is 12.8. The number of aromatic amines is 1. The fourth-order valence-corrected chi connectivity index (χ4v) is 3.52. The molecule has 1 aliphatic heterocycles. The molecule has 0 unspecified atom stereocenters. The Labute approximate surface area is 149 Å². The molecular weight excluding hydrogens is 328 g/mol. The van der Waals surface area contributed by atoms with E-state index in [0.29, 0.717) is 5.39 Å². The van der Waals surface area contributed by atoms with Crippen LogP contribution in [0.15, 0.2) is 59.5 Å². The number of rotatable bonds is 2. The van der Waals surface area contributed by atoms with Gasteiger partial charge in [-0.3, -0.25) is 14.9 Å². The molecule has 5 rings (SSSR count). The summed E-state index contributed by atoms with van der Waals surface area (Å²) in [7, 11) is 0. The summed E-state index contributed by atoms with van der Waals surface area (Å²) in [5.74, 6) is 0. The fraction of sp³-hybridized carbons (Fsp3) is 0.200. The van der Waals surface area contributed by atoms with Gasteiger partial charge in [-0.15, -0.1) is 0 Å². The maximum atomic E-state index is 12.8. The number of pyridine rings is 1. The van der Waals surface area contributed by atoms with E-state index in [2.05, 4.69) is 27.1 Å². The highest BCUT2D eigenvalue weighted by atomic mass is 16.5. The zero-order valence-corrected chi connectivity index (χ0v) is 14.2. The van der Waals surface area contributed by atoms with E-state index in [-0.39, 0.29) is 5.56 Å². The number of hydrogen-bond donors (Lipinski definition) is 1. The molecule has 1 aliphatic rings. The number of hydrogen-bond acceptors (Lipinski definition) is 4. The molecule has 6 nitrogen and oxygen atoms in total. The normalized spacial score (nSPS) is 15.0. The lowest BCUT2D eigenvalue weighted by atomic mass is 10.1. The number of H-pyrrole nitrogens is 1. The van der Waals surface area contributed by atoms with E-state index < -0.39 is 0 Å². The van der Waals surface area contributed by atoms with Crippen molar-refractivity contribution < 1.29 is 4.74 Å². The van der Waals surface area contributed by atoms with Crippen LogP contribution in [-0.2, 0) is 4.74 Å². The van der Waals surface area contributed by atoms with E-state index in [1.54, 1.807) is 10.9 Å². The largest absolute Gasteiger partial charge is 0.378 e. The average molecular weight is 346 g/mol. The first-order chi connectivity index (χ1) is 12.8. The number of anilines is 1. The van der Waals surface area contributed by atoms with Crippen LogP contribution in [0.1, 0.15) is 0 Å². The quantitative estimate of drug-likeness (QED) is 0.606. The number of fused-ring (bicyclic) bond motifs is 3. The predicted octanol–water partition coefficient (Wildman–Crippen LogP) is 2.70. The van der Waals surface area contributed by atoms with Crippen molar-refractivity contribution in [1.29, 1.82) is 0 Å². The first-order valence-electron chi connectivity index (χ1n) is 8.73. The van der Waals surface area contributed by atoms with Gasteiger partial charge in [-0.25, -0.2) is 4.68 Å². The number of para-hydroxylation sites is 1. The average Bonchev–Trinajstić information content (AvgIpc) is 3.06. The summed E-state index contributed by atoms with van der Waals surface area (Å²) >= 11 is 0. The lowest BCUT2D eigenvalue weighted by Crippen LogP contribution is -2.36. The van der Waals surface area contributed by atoms with Crippen molar-refractivity contribution in [3.05, 3.63) is 65.1 Å². The van der Waals surface area contributed by atoms with Gasteiger partial charge in [-0.05, 0) is 30.3 Å². The van der Waals surface area contributed by atoms with Crippen molar-refractivity contribution in [2.45, 2.75) is 0 Å². The lowest BCUT2D eigenvalue weighted by molar-refractivity contribution is 0.122. The molecule has 0 radical (unpaired) electrons. The third kappa shape index (κ3) is 2.38. The van der Waals surface area contributed by atoms with E-state index in [1.165, 1.54) is 0 Å². The van der Waals surface area contributed by atoms with Crippen molar-refractivity contribution in [3.8, 4) is 5.69 Å². The summed E-state index contributed by atoms with van der Waals surface area (Å²) in [6.07, 6.45) is 1.67. The van der Waals surface area contributed by atoms with Gasteiger partial charge in [0.15, 0.2) is 0 Å². The van der Waals surface area contributed by atoms with E-state index in [4.69, 9.17) is 4.74 Å². The van der Waals surface area contributed by atoms with Gasteiger partial charge in [0, 0.05) is 30.4 Å². The van der Waals surface area contributed by atoms with E-state index in [1.807, 2.05) is 36.4 Å². The van der Waals surface area contributed by atoms with E-state index in [0.717, 1.165) is 54.1 Å². The standard InChI is InChI=1S/C20H18N4O2/c25-20-17-13-21-18-12-15(23-8-10-26-11-9-23)6-7-16(18)19(17)22-24(20)14-4-2-1-3-5-14/h1-7,12-13,22H,8-11H2. The van der Waals surface area contributed by atoms with Crippen molar-refractivity contribution in [1.82, 2.24) is 14.8 Å². The van der Waals surface area contributed by atoms with Crippen LogP contribution in [0.25, 0.3) is 27.5 Å². The van der Waals surface area contributed by atoms with Gasteiger partial charge < -0.3 is 9.64 Å². The number of aromatic nitrogens is 3. The molecule has 0 atom stereocenters. The Bertz CT molecular complexity index is 1140. The molecule has 4 aromatic rings. The number of ether oxygens (including phenoxy) is 1. The van der Waals surface area contributed by atoms with Crippen LogP contribution < -0.4 is 10.5 Å². The first kappa shape index (κ1) is 15.2. The monoisotopic (exact) mass is 346 g/mol. The number of nitrogens with zero attached hydrogens (tertiary/aromatic N) is 3. The van der Waals surface area contributed by atoms with Crippen LogP contribution in [0.5, 0.6) is 0 Å². The molecule has 26 heavy (non-hydrogen) atoms. The molecular formula is C20H18N4O2. The van der Waals surface area contributed by atoms with Crippen molar-refractivity contribution in [3.63, 3.8) is 0 Å². The fourth-order valence-electron chi connectivity index (χ4n) is 3.52.